The zero-order valence-corrected chi connectivity index (χ0v) is 14.9. The Kier molecular flexibility index (Phi) is 7.81. The highest BCUT2D eigenvalue weighted by Crippen LogP contribution is 2.25. The van der Waals surface area contributed by atoms with Gasteiger partial charge in [-0.15, -0.1) is 24.0 Å². The summed E-state index contributed by atoms with van der Waals surface area (Å²) in [5.74, 6) is 1.42. The van der Waals surface area contributed by atoms with E-state index in [0.717, 1.165) is 24.4 Å². The van der Waals surface area contributed by atoms with Crippen molar-refractivity contribution in [2.45, 2.75) is 25.8 Å². The number of nitrogens with one attached hydrogen (secondary N) is 1. The van der Waals surface area contributed by atoms with Crippen molar-refractivity contribution < 1.29 is 4.42 Å². The quantitative estimate of drug-likeness (QED) is 0.331. The number of furan rings is 1. The van der Waals surface area contributed by atoms with Gasteiger partial charge in [0, 0.05) is 6.54 Å². The van der Waals surface area contributed by atoms with Crippen LogP contribution in [0.1, 0.15) is 31.6 Å². The van der Waals surface area contributed by atoms with Crippen LogP contribution in [-0.2, 0) is 0 Å². The van der Waals surface area contributed by atoms with Crippen LogP contribution < -0.4 is 11.1 Å². The van der Waals surface area contributed by atoms with Gasteiger partial charge < -0.3 is 15.5 Å². The van der Waals surface area contributed by atoms with Crippen molar-refractivity contribution in [3.05, 3.63) is 36.3 Å². The predicted molar refractivity (Wildman–Crippen MR) is 97.0 cm³/mol. The van der Waals surface area contributed by atoms with Crippen LogP contribution in [0.2, 0.25) is 0 Å². The normalized spacial score (nSPS) is 17.3. The molecule has 1 fully saturated rings. The Morgan fingerprint density at radius 1 is 1.52 bits per heavy atom. The van der Waals surface area contributed by atoms with Gasteiger partial charge in [0.15, 0.2) is 5.96 Å². The maximum atomic E-state index is 5.87. The van der Waals surface area contributed by atoms with E-state index >= 15 is 0 Å². The summed E-state index contributed by atoms with van der Waals surface area (Å²) in [6.07, 6.45) is 4.19. The van der Waals surface area contributed by atoms with Gasteiger partial charge in [-0.05, 0) is 45.0 Å². The van der Waals surface area contributed by atoms with E-state index in [0.29, 0.717) is 19.0 Å². The first kappa shape index (κ1) is 18.0. The summed E-state index contributed by atoms with van der Waals surface area (Å²) in [5, 5.41) is 3.05. The number of rotatable bonds is 6. The molecule has 0 bridgehead atoms. The molecule has 1 aromatic heterocycles. The molecule has 2 heterocycles. The molecule has 21 heavy (non-hydrogen) atoms. The first-order chi connectivity index (χ1) is 9.66. The van der Waals surface area contributed by atoms with Crippen molar-refractivity contribution in [3.8, 4) is 0 Å². The molecule has 0 spiro atoms. The molecule has 3 N–H and O–H groups in total. The lowest BCUT2D eigenvalue weighted by molar-refractivity contribution is 0.221. The van der Waals surface area contributed by atoms with Gasteiger partial charge in [0.25, 0.3) is 0 Å². The second kappa shape index (κ2) is 9.09. The summed E-state index contributed by atoms with van der Waals surface area (Å²) in [4.78, 5) is 6.85. The third-order valence-electron chi connectivity index (χ3n) is 3.46. The van der Waals surface area contributed by atoms with Crippen LogP contribution in [0, 0.1) is 0 Å². The fraction of sp³-hybridized carbons (Fsp3) is 0.533. The smallest absolute Gasteiger partial charge is 0.188 e. The molecule has 1 saturated heterocycles. The van der Waals surface area contributed by atoms with Crippen molar-refractivity contribution in [1.29, 1.82) is 0 Å². The van der Waals surface area contributed by atoms with Crippen LogP contribution in [0.4, 0.5) is 0 Å². The molecule has 0 aromatic carbocycles. The summed E-state index contributed by atoms with van der Waals surface area (Å²) in [6, 6.07) is 4.11. The minimum Gasteiger partial charge on any atom is -0.468 e. The van der Waals surface area contributed by atoms with Crippen LogP contribution in [0.5, 0.6) is 0 Å². The predicted octanol–water partition coefficient (Wildman–Crippen LogP) is 2.51. The number of halogens is 1. The second-order valence-electron chi connectivity index (χ2n) is 5.31. The number of nitrogens with zero attached hydrogens (tertiary/aromatic N) is 2. The van der Waals surface area contributed by atoms with Crippen LogP contribution in [0.3, 0.4) is 0 Å². The first-order valence-corrected chi connectivity index (χ1v) is 7.12. The van der Waals surface area contributed by atoms with Crippen LogP contribution in [0.15, 0.2) is 40.0 Å². The topological polar surface area (TPSA) is 66.8 Å². The lowest BCUT2D eigenvalue weighted by atomic mass is 10.2. The van der Waals surface area contributed by atoms with E-state index in [-0.39, 0.29) is 30.0 Å². The van der Waals surface area contributed by atoms with Crippen molar-refractivity contribution in [3.63, 3.8) is 0 Å². The lowest BCUT2D eigenvalue weighted by Crippen LogP contribution is -2.34. The SMILES string of the molecule is C=C(C)CNC(N)=NCC(c1ccco1)N1CCCC1.I. The standard InChI is InChI=1S/C15H24N4O.HI/c1-12(2)10-17-15(16)18-11-13(14-6-5-9-20-14)19-7-3-4-8-19;/h5-6,9,13H,1,3-4,7-8,10-11H2,2H3,(H3,16,17,18);1H. The molecule has 1 aromatic rings. The lowest BCUT2D eigenvalue weighted by Gasteiger charge is -2.24. The zero-order valence-electron chi connectivity index (χ0n) is 12.5. The second-order valence-corrected chi connectivity index (χ2v) is 5.31. The summed E-state index contributed by atoms with van der Waals surface area (Å²) in [5.41, 5.74) is 6.90. The number of aliphatic imine (C=N–C) groups is 1. The molecule has 118 valence electrons. The number of nitrogens with two attached hydrogens (primary N) is 1. The molecule has 2 rings (SSSR count). The number of guanidine groups is 1. The Morgan fingerprint density at radius 3 is 2.81 bits per heavy atom. The minimum absolute atomic E-state index is 0. The van der Waals surface area contributed by atoms with Crippen molar-refractivity contribution in [1.82, 2.24) is 10.2 Å². The van der Waals surface area contributed by atoms with Gasteiger partial charge >= 0.3 is 0 Å². The third kappa shape index (κ3) is 5.70. The molecular weight excluding hydrogens is 379 g/mol. The van der Waals surface area contributed by atoms with Gasteiger partial charge in [-0.3, -0.25) is 9.89 Å². The Morgan fingerprint density at radius 2 is 2.24 bits per heavy atom. The molecule has 1 unspecified atom stereocenters. The van der Waals surface area contributed by atoms with Gasteiger partial charge in [0.05, 0.1) is 18.8 Å². The molecule has 0 amide bonds. The van der Waals surface area contributed by atoms with E-state index in [9.17, 15) is 0 Å². The zero-order chi connectivity index (χ0) is 14.4. The molecule has 0 aliphatic carbocycles. The molecular formula is C15H25IN4O. The van der Waals surface area contributed by atoms with Gasteiger partial charge in [0.1, 0.15) is 5.76 Å². The summed E-state index contributed by atoms with van der Waals surface area (Å²) in [7, 11) is 0. The highest BCUT2D eigenvalue weighted by atomic mass is 127. The molecule has 1 aliphatic heterocycles. The first-order valence-electron chi connectivity index (χ1n) is 7.12. The van der Waals surface area contributed by atoms with E-state index in [1.54, 1.807) is 6.26 Å². The fourth-order valence-electron chi connectivity index (χ4n) is 2.40. The summed E-state index contributed by atoms with van der Waals surface area (Å²) >= 11 is 0. The highest BCUT2D eigenvalue weighted by molar-refractivity contribution is 14.0. The van der Waals surface area contributed by atoms with E-state index < -0.39 is 0 Å². The molecule has 0 radical (unpaired) electrons. The average molecular weight is 404 g/mol. The fourth-order valence-corrected chi connectivity index (χ4v) is 2.40. The molecule has 1 atom stereocenters. The summed E-state index contributed by atoms with van der Waals surface area (Å²) < 4.78 is 5.55. The Hall–Kier alpha value is -1.02. The average Bonchev–Trinajstić information content (AvgIpc) is 3.09. The van der Waals surface area contributed by atoms with Crippen LogP contribution >= 0.6 is 24.0 Å². The summed E-state index contributed by atoms with van der Waals surface area (Å²) in [6.45, 7) is 9.25. The molecule has 0 saturated carbocycles. The molecule has 6 heteroatoms. The van der Waals surface area contributed by atoms with E-state index in [1.165, 1.54) is 12.8 Å². The van der Waals surface area contributed by atoms with Crippen molar-refractivity contribution in [2.75, 3.05) is 26.2 Å². The Balaban J connectivity index is 0.00000220. The number of hydrogen-bond acceptors (Lipinski definition) is 3. The van der Waals surface area contributed by atoms with Gasteiger partial charge in [-0.1, -0.05) is 12.2 Å². The van der Waals surface area contributed by atoms with E-state index in [4.69, 9.17) is 10.2 Å². The van der Waals surface area contributed by atoms with Crippen LogP contribution in [-0.4, -0.2) is 37.0 Å². The van der Waals surface area contributed by atoms with E-state index in [1.807, 2.05) is 19.1 Å². The number of likely N-dealkylation sites (tertiary alicyclic amines) is 1. The Labute approximate surface area is 143 Å². The maximum Gasteiger partial charge on any atom is 0.188 e. The van der Waals surface area contributed by atoms with Gasteiger partial charge in [0.2, 0.25) is 0 Å². The molecule has 1 aliphatic rings. The van der Waals surface area contributed by atoms with Gasteiger partial charge in [-0.2, -0.15) is 0 Å². The van der Waals surface area contributed by atoms with Crippen molar-refractivity contribution in [2.24, 2.45) is 10.7 Å². The van der Waals surface area contributed by atoms with Gasteiger partial charge in [-0.25, -0.2) is 0 Å². The van der Waals surface area contributed by atoms with Crippen LogP contribution in [0.25, 0.3) is 0 Å². The third-order valence-corrected chi connectivity index (χ3v) is 3.46. The van der Waals surface area contributed by atoms with Crippen molar-refractivity contribution >= 4 is 29.9 Å². The number of hydrogen-bond donors (Lipinski definition) is 2. The largest absolute Gasteiger partial charge is 0.468 e. The monoisotopic (exact) mass is 404 g/mol. The highest BCUT2D eigenvalue weighted by Gasteiger charge is 2.25. The maximum absolute atomic E-state index is 5.87. The molecule has 5 nitrogen and oxygen atoms in total. The Bertz CT molecular complexity index is 452. The minimum atomic E-state index is 0. The van der Waals surface area contributed by atoms with E-state index in [2.05, 4.69) is 21.8 Å².